The number of nitrogens with zero attached hydrogens (tertiary/aromatic N) is 1. The molecule has 0 unspecified atom stereocenters. The van der Waals surface area contributed by atoms with E-state index in [0.29, 0.717) is 12.0 Å². The highest BCUT2D eigenvalue weighted by atomic mass is 19.4. The standard InChI is InChI=1S/C8H10F3NO/c1-2-5-3-12-7(6(5)4-13)8(9,10)11/h13H,2-4H2,1H3. The number of aliphatic imine (C=N–C) groups is 1. The monoisotopic (exact) mass is 193 g/mol. The molecular formula is C8H10F3NO. The molecule has 1 rings (SSSR count). The van der Waals surface area contributed by atoms with E-state index in [1.807, 2.05) is 0 Å². The highest BCUT2D eigenvalue weighted by molar-refractivity contribution is 6.06. The Morgan fingerprint density at radius 1 is 1.46 bits per heavy atom. The van der Waals surface area contributed by atoms with Crippen molar-refractivity contribution in [3.63, 3.8) is 0 Å². The number of rotatable bonds is 2. The Morgan fingerprint density at radius 3 is 2.46 bits per heavy atom. The molecule has 0 fully saturated rings. The number of hydrogen-bond donors (Lipinski definition) is 1. The lowest BCUT2D eigenvalue weighted by atomic mass is 10.1. The summed E-state index contributed by atoms with van der Waals surface area (Å²) in [5, 5.41) is 8.76. The molecule has 1 N–H and O–H groups in total. The first-order valence-electron chi connectivity index (χ1n) is 3.94. The minimum atomic E-state index is -4.44. The Hall–Kier alpha value is -0.840. The van der Waals surface area contributed by atoms with Crippen molar-refractivity contribution in [1.82, 2.24) is 0 Å². The molecule has 13 heavy (non-hydrogen) atoms. The molecule has 0 saturated heterocycles. The van der Waals surface area contributed by atoms with Crippen LogP contribution in [0.2, 0.25) is 0 Å². The number of halogens is 3. The quantitative estimate of drug-likeness (QED) is 0.711. The summed E-state index contributed by atoms with van der Waals surface area (Å²) in [4.78, 5) is 3.37. The first kappa shape index (κ1) is 10.2. The van der Waals surface area contributed by atoms with Crippen LogP contribution in [-0.4, -0.2) is 30.1 Å². The predicted octanol–water partition coefficient (Wildman–Crippen LogP) is 1.70. The van der Waals surface area contributed by atoms with Gasteiger partial charge in [0.25, 0.3) is 0 Å². The molecule has 0 radical (unpaired) electrons. The molecule has 0 saturated carbocycles. The van der Waals surface area contributed by atoms with Crippen LogP contribution in [0.15, 0.2) is 16.1 Å². The molecule has 1 heterocycles. The predicted molar refractivity (Wildman–Crippen MR) is 42.8 cm³/mol. The van der Waals surface area contributed by atoms with E-state index in [0.717, 1.165) is 0 Å². The third-order valence-electron chi connectivity index (χ3n) is 1.99. The molecule has 74 valence electrons. The fourth-order valence-corrected chi connectivity index (χ4v) is 1.31. The molecule has 1 aliphatic heterocycles. The summed E-state index contributed by atoms with van der Waals surface area (Å²) in [6, 6.07) is 0. The molecule has 2 nitrogen and oxygen atoms in total. The van der Waals surface area contributed by atoms with Crippen LogP contribution < -0.4 is 0 Å². The Balaban J connectivity index is 2.97. The molecule has 0 atom stereocenters. The van der Waals surface area contributed by atoms with E-state index < -0.39 is 18.5 Å². The zero-order chi connectivity index (χ0) is 10.1. The number of aliphatic hydroxyl groups is 1. The first-order valence-corrected chi connectivity index (χ1v) is 3.94. The summed E-state index contributed by atoms with van der Waals surface area (Å²) >= 11 is 0. The molecule has 0 aromatic heterocycles. The van der Waals surface area contributed by atoms with Crippen LogP contribution >= 0.6 is 0 Å². The molecule has 5 heteroatoms. The average Bonchev–Trinajstić information content (AvgIpc) is 2.45. The maximum atomic E-state index is 12.2. The van der Waals surface area contributed by atoms with E-state index in [1.54, 1.807) is 6.92 Å². The van der Waals surface area contributed by atoms with Gasteiger partial charge in [0, 0.05) is 5.57 Å². The largest absolute Gasteiger partial charge is 0.433 e. The summed E-state index contributed by atoms with van der Waals surface area (Å²) in [6.45, 7) is 1.24. The Labute approximate surface area is 73.8 Å². The van der Waals surface area contributed by atoms with Gasteiger partial charge in [-0.2, -0.15) is 13.2 Å². The second kappa shape index (κ2) is 3.49. The first-order chi connectivity index (χ1) is 6.00. The summed E-state index contributed by atoms with van der Waals surface area (Å²) < 4.78 is 36.7. The summed E-state index contributed by atoms with van der Waals surface area (Å²) in [5.41, 5.74) is -0.378. The van der Waals surface area contributed by atoms with Gasteiger partial charge in [0.15, 0.2) is 0 Å². The van der Waals surface area contributed by atoms with Crippen LogP contribution in [0.3, 0.4) is 0 Å². The third-order valence-corrected chi connectivity index (χ3v) is 1.99. The maximum Gasteiger partial charge on any atom is 0.433 e. The number of aliphatic hydroxyl groups excluding tert-OH is 1. The minimum Gasteiger partial charge on any atom is -0.392 e. The molecule has 0 bridgehead atoms. The van der Waals surface area contributed by atoms with Gasteiger partial charge in [-0.3, -0.25) is 4.99 Å². The lowest BCUT2D eigenvalue weighted by molar-refractivity contribution is -0.0585. The average molecular weight is 193 g/mol. The molecule has 0 spiro atoms. The lowest BCUT2D eigenvalue weighted by Gasteiger charge is -2.09. The normalized spacial score (nSPS) is 18.1. The van der Waals surface area contributed by atoms with Crippen molar-refractivity contribution in [1.29, 1.82) is 0 Å². The zero-order valence-electron chi connectivity index (χ0n) is 7.15. The van der Waals surface area contributed by atoms with Crippen LogP contribution in [0.25, 0.3) is 0 Å². The van der Waals surface area contributed by atoms with Crippen LogP contribution in [0.5, 0.6) is 0 Å². The summed E-state index contributed by atoms with van der Waals surface area (Å²) in [7, 11) is 0. The van der Waals surface area contributed by atoms with Crippen molar-refractivity contribution in [2.75, 3.05) is 13.2 Å². The second-order valence-corrected chi connectivity index (χ2v) is 2.76. The fraction of sp³-hybridized carbons (Fsp3) is 0.625. The summed E-state index contributed by atoms with van der Waals surface area (Å²) in [6.07, 6.45) is -3.94. The minimum absolute atomic E-state index is 0.0463. The highest BCUT2D eigenvalue weighted by Crippen LogP contribution is 2.29. The molecular weight excluding hydrogens is 183 g/mol. The van der Waals surface area contributed by atoms with Crippen LogP contribution in [0.1, 0.15) is 13.3 Å². The summed E-state index contributed by atoms with van der Waals surface area (Å²) in [5.74, 6) is 0. The Bertz CT molecular complexity index is 265. The van der Waals surface area contributed by atoms with E-state index >= 15 is 0 Å². The van der Waals surface area contributed by atoms with Crippen molar-refractivity contribution in [3.05, 3.63) is 11.1 Å². The Morgan fingerprint density at radius 2 is 2.08 bits per heavy atom. The van der Waals surface area contributed by atoms with Gasteiger partial charge in [-0.15, -0.1) is 0 Å². The number of alkyl halides is 3. The van der Waals surface area contributed by atoms with Crippen molar-refractivity contribution < 1.29 is 18.3 Å². The lowest BCUT2D eigenvalue weighted by Crippen LogP contribution is -2.25. The van der Waals surface area contributed by atoms with Crippen molar-refractivity contribution in [2.24, 2.45) is 4.99 Å². The van der Waals surface area contributed by atoms with Gasteiger partial charge in [-0.25, -0.2) is 0 Å². The van der Waals surface area contributed by atoms with Gasteiger partial charge in [0.05, 0.1) is 13.2 Å². The van der Waals surface area contributed by atoms with Gasteiger partial charge in [-0.05, 0) is 12.0 Å². The van der Waals surface area contributed by atoms with Gasteiger partial charge >= 0.3 is 6.18 Å². The zero-order valence-corrected chi connectivity index (χ0v) is 7.15. The topological polar surface area (TPSA) is 32.6 Å². The van der Waals surface area contributed by atoms with E-state index in [-0.39, 0.29) is 12.1 Å². The van der Waals surface area contributed by atoms with E-state index in [9.17, 15) is 13.2 Å². The highest BCUT2D eigenvalue weighted by Gasteiger charge is 2.40. The van der Waals surface area contributed by atoms with Gasteiger partial charge < -0.3 is 5.11 Å². The smallest absolute Gasteiger partial charge is 0.392 e. The van der Waals surface area contributed by atoms with Crippen molar-refractivity contribution in [2.45, 2.75) is 19.5 Å². The maximum absolute atomic E-state index is 12.2. The van der Waals surface area contributed by atoms with E-state index in [2.05, 4.69) is 4.99 Å². The number of hydrogen-bond acceptors (Lipinski definition) is 2. The molecule has 0 aromatic carbocycles. The third kappa shape index (κ3) is 1.91. The molecule has 0 amide bonds. The van der Waals surface area contributed by atoms with Crippen molar-refractivity contribution >= 4 is 5.71 Å². The van der Waals surface area contributed by atoms with Crippen LogP contribution in [0, 0.1) is 0 Å². The van der Waals surface area contributed by atoms with Gasteiger partial charge in [0.2, 0.25) is 0 Å². The van der Waals surface area contributed by atoms with E-state index in [4.69, 9.17) is 5.11 Å². The van der Waals surface area contributed by atoms with Crippen LogP contribution in [0.4, 0.5) is 13.2 Å². The molecule has 0 aromatic rings. The van der Waals surface area contributed by atoms with Gasteiger partial charge in [0.1, 0.15) is 5.71 Å². The van der Waals surface area contributed by atoms with E-state index in [1.165, 1.54) is 0 Å². The molecule has 1 aliphatic rings. The van der Waals surface area contributed by atoms with Gasteiger partial charge in [-0.1, -0.05) is 6.92 Å². The van der Waals surface area contributed by atoms with Crippen LogP contribution in [-0.2, 0) is 0 Å². The molecule has 0 aliphatic carbocycles. The fourth-order valence-electron chi connectivity index (χ4n) is 1.31. The second-order valence-electron chi connectivity index (χ2n) is 2.76. The Kier molecular flexibility index (Phi) is 2.75. The SMILES string of the molecule is CCC1=C(CO)C(C(F)(F)F)=NC1. The van der Waals surface area contributed by atoms with Crippen molar-refractivity contribution in [3.8, 4) is 0 Å².